The molecule has 2 rings (SSSR count). The molecule has 1 aromatic carbocycles. The lowest BCUT2D eigenvalue weighted by Gasteiger charge is -2.29. The van der Waals surface area contributed by atoms with Gasteiger partial charge in [-0.15, -0.1) is 0 Å². The summed E-state index contributed by atoms with van der Waals surface area (Å²) in [5, 5.41) is 0. The van der Waals surface area contributed by atoms with Crippen LogP contribution < -0.4 is 4.74 Å². The van der Waals surface area contributed by atoms with Crippen molar-refractivity contribution < 1.29 is 17.9 Å². The van der Waals surface area contributed by atoms with Crippen molar-refractivity contribution in [1.29, 1.82) is 0 Å². The highest BCUT2D eigenvalue weighted by atomic mass is 32.2. The van der Waals surface area contributed by atoms with Gasteiger partial charge in [0.25, 0.3) is 0 Å². The van der Waals surface area contributed by atoms with E-state index in [0.717, 1.165) is 24.3 Å². The molecule has 0 aromatic heterocycles. The molecule has 1 aliphatic heterocycles. The highest BCUT2D eigenvalue weighted by Crippen LogP contribution is 2.18. The summed E-state index contributed by atoms with van der Waals surface area (Å²) in [6.45, 7) is 6.11. The number of nitrogens with zero attached hydrogens (tertiary/aromatic N) is 2. The Morgan fingerprint density at radius 2 is 2.04 bits per heavy atom. The molecular weight excluding hydrogens is 352 g/mol. The average Bonchev–Trinajstić information content (AvgIpc) is 2.93. The van der Waals surface area contributed by atoms with Crippen LogP contribution in [0, 0.1) is 6.92 Å². The Balaban J connectivity index is 1.73. The Labute approximate surface area is 157 Å². The van der Waals surface area contributed by atoms with Crippen LogP contribution in [0.2, 0.25) is 0 Å². The second kappa shape index (κ2) is 9.37. The summed E-state index contributed by atoms with van der Waals surface area (Å²) in [5.74, 6) is 1.18. The van der Waals surface area contributed by atoms with Gasteiger partial charge in [-0.2, -0.15) is 0 Å². The third kappa shape index (κ3) is 5.99. The lowest BCUT2D eigenvalue weighted by atomic mass is 10.2. The van der Waals surface area contributed by atoms with Gasteiger partial charge in [-0.25, -0.2) is 8.42 Å². The normalized spacial score (nSPS) is 18.8. The first-order valence-corrected chi connectivity index (χ1v) is 11.0. The molecule has 0 radical (unpaired) electrons. The molecule has 0 aliphatic carbocycles. The summed E-state index contributed by atoms with van der Waals surface area (Å²) < 4.78 is 29.1. The molecule has 1 aromatic rings. The van der Waals surface area contributed by atoms with Crippen molar-refractivity contribution >= 4 is 15.7 Å². The predicted molar refractivity (Wildman–Crippen MR) is 103 cm³/mol. The molecule has 0 saturated carbocycles. The van der Waals surface area contributed by atoms with E-state index in [-0.39, 0.29) is 23.5 Å². The number of para-hydroxylation sites is 1. The summed E-state index contributed by atoms with van der Waals surface area (Å²) >= 11 is 0. The van der Waals surface area contributed by atoms with E-state index in [1.807, 2.05) is 50.1 Å². The van der Waals surface area contributed by atoms with Crippen molar-refractivity contribution in [2.45, 2.75) is 32.7 Å². The van der Waals surface area contributed by atoms with E-state index in [9.17, 15) is 13.2 Å². The Morgan fingerprint density at radius 1 is 1.31 bits per heavy atom. The van der Waals surface area contributed by atoms with Gasteiger partial charge in [0.05, 0.1) is 24.7 Å². The molecule has 1 amide bonds. The van der Waals surface area contributed by atoms with Crippen LogP contribution in [0.15, 0.2) is 24.3 Å². The van der Waals surface area contributed by atoms with Gasteiger partial charge in [-0.05, 0) is 45.4 Å². The van der Waals surface area contributed by atoms with Gasteiger partial charge in [0, 0.05) is 19.1 Å². The van der Waals surface area contributed by atoms with Gasteiger partial charge in [0.2, 0.25) is 5.91 Å². The molecule has 0 bridgehead atoms. The molecule has 1 aliphatic rings. The molecule has 1 heterocycles. The molecular formula is C19H30N2O4S. The average molecular weight is 383 g/mol. The summed E-state index contributed by atoms with van der Waals surface area (Å²) in [5.41, 5.74) is 1.11. The minimum Gasteiger partial charge on any atom is -0.493 e. The smallest absolute Gasteiger partial charge is 0.237 e. The number of carbonyl (C=O) groups is 1. The fourth-order valence-electron chi connectivity index (χ4n) is 3.30. The minimum atomic E-state index is -2.98. The molecule has 0 unspecified atom stereocenters. The SMILES string of the molecule is CCN(C(=O)CN(C)CCCOc1ccccc1C)[C@H]1CCS(=O)(=O)C1. The number of sulfone groups is 1. The highest BCUT2D eigenvalue weighted by Gasteiger charge is 2.33. The molecule has 1 atom stereocenters. The number of likely N-dealkylation sites (N-methyl/N-ethyl adjacent to an activating group) is 2. The van der Waals surface area contributed by atoms with Crippen LogP contribution >= 0.6 is 0 Å². The van der Waals surface area contributed by atoms with Gasteiger partial charge in [0.15, 0.2) is 9.84 Å². The van der Waals surface area contributed by atoms with E-state index in [0.29, 0.717) is 26.1 Å². The maximum atomic E-state index is 12.5. The number of amides is 1. The molecule has 26 heavy (non-hydrogen) atoms. The quantitative estimate of drug-likeness (QED) is 0.609. The zero-order chi connectivity index (χ0) is 19.2. The third-order valence-electron chi connectivity index (χ3n) is 4.75. The highest BCUT2D eigenvalue weighted by molar-refractivity contribution is 7.91. The Morgan fingerprint density at radius 3 is 2.65 bits per heavy atom. The van der Waals surface area contributed by atoms with Crippen molar-refractivity contribution in [3.05, 3.63) is 29.8 Å². The van der Waals surface area contributed by atoms with E-state index in [2.05, 4.69) is 0 Å². The maximum Gasteiger partial charge on any atom is 0.237 e. The zero-order valence-corrected chi connectivity index (χ0v) is 16.8. The molecule has 1 fully saturated rings. The first-order valence-electron chi connectivity index (χ1n) is 9.19. The Hall–Kier alpha value is -1.60. The summed E-state index contributed by atoms with van der Waals surface area (Å²) in [6, 6.07) is 7.74. The van der Waals surface area contributed by atoms with Crippen LogP contribution in [0.1, 0.15) is 25.3 Å². The second-order valence-electron chi connectivity index (χ2n) is 6.94. The number of aryl methyl sites for hydroxylation is 1. The molecule has 146 valence electrons. The lowest BCUT2D eigenvalue weighted by Crippen LogP contribution is -2.45. The summed E-state index contributed by atoms with van der Waals surface area (Å²) in [4.78, 5) is 16.2. The van der Waals surface area contributed by atoms with E-state index in [4.69, 9.17) is 4.74 Å². The van der Waals surface area contributed by atoms with Crippen LogP contribution in [-0.2, 0) is 14.6 Å². The van der Waals surface area contributed by atoms with Crippen molar-refractivity contribution in [3.63, 3.8) is 0 Å². The van der Waals surface area contributed by atoms with E-state index >= 15 is 0 Å². The number of hydrogen-bond acceptors (Lipinski definition) is 5. The third-order valence-corrected chi connectivity index (χ3v) is 6.50. The number of hydrogen-bond donors (Lipinski definition) is 0. The first kappa shape index (κ1) is 20.7. The van der Waals surface area contributed by atoms with Crippen molar-refractivity contribution in [3.8, 4) is 5.75 Å². The molecule has 6 nitrogen and oxygen atoms in total. The molecule has 0 N–H and O–H groups in total. The topological polar surface area (TPSA) is 66.9 Å². The number of benzene rings is 1. The van der Waals surface area contributed by atoms with Crippen molar-refractivity contribution in [2.75, 3.05) is 44.8 Å². The van der Waals surface area contributed by atoms with Gasteiger partial charge in [0.1, 0.15) is 5.75 Å². The fraction of sp³-hybridized carbons (Fsp3) is 0.632. The molecule has 7 heteroatoms. The number of carbonyl (C=O) groups excluding carboxylic acids is 1. The van der Waals surface area contributed by atoms with E-state index < -0.39 is 9.84 Å². The summed E-state index contributed by atoms with van der Waals surface area (Å²) in [6.07, 6.45) is 1.37. The van der Waals surface area contributed by atoms with E-state index in [1.165, 1.54) is 0 Å². The zero-order valence-electron chi connectivity index (χ0n) is 16.0. The van der Waals surface area contributed by atoms with E-state index in [1.54, 1.807) is 4.90 Å². The number of ether oxygens (including phenoxy) is 1. The minimum absolute atomic E-state index is 0.00285. The summed E-state index contributed by atoms with van der Waals surface area (Å²) in [7, 11) is -1.08. The first-order chi connectivity index (χ1) is 12.3. The van der Waals surface area contributed by atoms with Crippen LogP contribution in [0.25, 0.3) is 0 Å². The van der Waals surface area contributed by atoms with Gasteiger partial charge < -0.3 is 9.64 Å². The van der Waals surface area contributed by atoms with Crippen LogP contribution in [0.5, 0.6) is 5.75 Å². The lowest BCUT2D eigenvalue weighted by molar-refractivity contribution is -0.133. The Kier molecular flexibility index (Phi) is 7.46. The van der Waals surface area contributed by atoms with Gasteiger partial charge in [-0.3, -0.25) is 9.69 Å². The van der Waals surface area contributed by atoms with Crippen molar-refractivity contribution in [1.82, 2.24) is 9.80 Å². The van der Waals surface area contributed by atoms with Crippen LogP contribution in [0.3, 0.4) is 0 Å². The molecule has 0 spiro atoms. The van der Waals surface area contributed by atoms with Crippen molar-refractivity contribution in [2.24, 2.45) is 0 Å². The molecule has 1 saturated heterocycles. The van der Waals surface area contributed by atoms with Gasteiger partial charge >= 0.3 is 0 Å². The standard InChI is InChI=1S/C19H30N2O4S/c1-4-21(17-10-13-26(23,24)15-17)19(22)14-20(3)11-7-12-25-18-9-6-5-8-16(18)2/h5-6,8-9,17H,4,7,10-15H2,1-3H3/t17-/m0/s1. The monoisotopic (exact) mass is 382 g/mol. The van der Waals surface area contributed by atoms with Gasteiger partial charge in [-0.1, -0.05) is 18.2 Å². The second-order valence-corrected chi connectivity index (χ2v) is 9.17. The number of rotatable bonds is 9. The Bertz CT molecular complexity index is 705. The fourth-order valence-corrected chi connectivity index (χ4v) is 5.03. The van der Waals surface area contributed by atoms with Crippen LogP contribution in [-0.4, -0.2) is 75.0 Å². The maximum absolute atomic E-state index is 12.5. The predicted octanol–water partition coefficient (Wildman–Crippen LogP) is 1.73. The van der Waals surface area contributed by atoms with Crippen LogP contribution in [0.4, 0.5) is 0 Å². The largest absolute Gasteiger partial charge is 0.493 e.